The molecule has 3 rings (SSSR count). The Balaban J connectivity index is 1.48. The molecule has 2 aromatic rings. The van der Waals surface area contributed by atoms with E-state index in [9.17, 15) is 14.4 Å². The maximum absolute atomic E-state index is 12.4. The lowest BCUT2D eigenvalue weighted by atomic mass is 10.2. The van der Waals surface area contributed by atoms with Gasteiger partial charge in [0.2, 0.25) is 11.8 Å². The molecule has 158 valence electrons. The Morgan fingerprint density at radius 1 is 1.07 bits per heavy atom. The molecule has 0 saturated carbocycles. The van der Waals surface area contributed by atoms with Crippen LogP contribution in [0.3, 0.4) is 0 Å². The zero-order valence-corrected chi connectivity index (χ0v) is 16.8. The smallest absolute Gasteiger partial charge is 0.407 e. The summed E-state index contributed by atoms with van der Waals surface area (Å²) in [6.45, 7) is 2.56. The molecule has 2 N–H and O–H groups in total. The molecule has 30 heavy (non-hydrogen) atoms. The van der Waals surface area contributed by atoms with Crippen molar-refractivity contribution in [3.8, 4) is 11.5 Å². The van der Waals surface area contributed by atoms with Gasteiger partial charge in [-0.15, -0.1) is 0 Å². The molecule has 0 bridgehead atoms. The number of carbonyl (C=O) groups excluding carboxylic acids is 3. The molecule has 8 heteroatoms. The molecule has 1 fully saturated rings. The van der Waals surface area contributed by atoms with E-state index in [1.54, 1.807) is 11.8 Å². The van der Waals surface area contributed by atoms with Crippen molar-refractivity contribution in [1.29, 1.82) is 0 Å². The molecule has 1 atom stereocenters. The van der Waals surface area contributed by atoms with Crippen molar-refractivity contribution in [1.82, 2.24) is 10.6 Å². The number of alkyl carbamates (subject to hydrolysis) is 1. The summed E-state index contributed by atoms with van der Waals surface area (Å²) >= 11 is 0. The van der Waals surface area contributed by atoms with Gasteiger partial charge in [0.15, 0.2) is 0 Å². The van der Waals surface area contributed by atoms with Crippen LogP contribution in [0.15, 0.2) is 54.6 Å². The zero-order chi connectivity index (χ0) is 21.3. The highest BCUT2D eigenvalue weighted by molar-refractivity contribution is 5.96. The van der Waals surface area contributed by atoms with Gasteiger partial charge in [-0.1, -0.05) is 18.2 Å². The second-order valence-corrected chi connectivity index (χ2v) is 6.78. The second-order valence-electron chi connectivity index (χ2n) is 6.78. The van der Waals surface area contributed by atoms with Crippen LogP contribution in [0.4, 0.5) is 10.5 Å². The normalized spacial score (nSPS) is 15.6. The fraction of sp³-hybridized carbons (Fsp3) is 0.318. The first-order valence-corrected chi connectivity index (χ1v) is 9.88. The number of carbonyl (C=O) groups is 3. The summed E-state index contributed by atoms with van der Waals surface area (Å²) in [5.74, 6) is 1.14. The van der Waals surface area contributed by atoms with Gasteiger partial charge in [0, 0.05) is 31.6 Å². The van der Waals surface area contributed by atoms with E-state index in [0.717, 1.165) is 11.4 Å². The topological polar surface area (TPSA) is 97.0 Å². The first-order chi connectivity index (χ1) is 14.5. The van der Waals surface area contributed by atoms with Crippen molar-refractivity contribution in [3.63, 3.8) is 0 Å². The number of amides is 3. The minimum absolute atomic E-state index is 0.0540. The standard InChI is InChI=1S/C22H25N3O5/c1-2-29-22(28)23-13-12-20(26)24-16-14-21(27)25(15-16)17-8-10-19(11-9-17)30-18-6-4-3-5-7-18/h3-11,16H,2,12-15H2,1H3,(H,23,28)(H,24,26). The maximum atomic E-state index is 12.4. The third-order valence-corrected chi connectivity index (χ3v) is 4.51. The lowest BCUT2D eigenvalue weighted by Crippen LogP contribution is -2.39. The van der Waals surface area contributed by atoms with E-state index in [0.29, 0.717) is 12.3 Å². The Hall–Kier alpha value is -3.55. The monoisotopic (exact) mass is 411 g/mol. The van der Waals surface area contributed by atoms with E-state index in [2.05, 4.69) is 10.6 Å². The van der Waals surface area contributed by atoms with E-state index in [-0.39, 0.29) is 43.8 Å². The molecule has 0 radical (unpaired) electrons. The van der Waals surface area contributed by atoms with E-state index in [1.807, 2.05) is 54.6 Å². The third kappa shape index (κ3) is 5.97. The summed E-state index contributed by atoms with van der Waals surface area (Å²) in [6, 6.07) is 16.4. The van der Waals surface area contributed by atoms with Crippen molar-refractivity contribution in [3.05, 3.63) is 54.6 Å². The van der Waals surface area contributed by atoms with E-state index in [4.69, 9.17) is 9.47 Å². The van der Waals surface area contributed by atoms with Crippen LogP contribution < -0.4 is 20.3 Å². The van der Waals surface area contributed by atoms with Gasteiger partial charge in [0.1, 0.15) is 11.5 Å². The zero-order valence-electron chi connectivity index (χ0n) is 16.8. The van der Waals surface area contributed by atoms with Crippen LogP contribution in [0.5, 0.6) is 11.5 Å². The summed E-state index contributed by atoms with van der Waals surface area (Å²) < 4.78 is 10.5. The summed E-state index contributed by atoms with van der Waals surface area (Å²) in [5.41, 5.74) is 0.751. The van der Waals surface area contributed by atoms with Gasteiger partial charge in [0.25, 0.3) is 0 Å². The highest BCUT2D eigenvalue weighted by Gasteiger charge is 2.31. The number of ether oxygens (including phenoxy) is 2. The Labute approximate surface area is 175 Å². The second kappa shape index (κ2) is 10.3. The van der Waals surface area contributed by atoms with Crippen LogP contribution in [0.2, 0.25) is 0 Å². The number of nitrogens with one attached hydrogen (secondary N) is 2. The molecule has 8 nitrogen and oxygen atoms in total. The van der Waals surface area contributed by atoms with Gasteiger partial charge in [-0.3, -0.25) is 9.59 Å². The summed E-state index contributed by atoms with van der Waals surface area (Å²) in [7, 11) is 0. The number of nitrogens with zero attached hydrogens (tertiary/aromatic N) is 1. The summed E-state index contributed by atoms with van der Waals surface area (Å²) in [4.78, 5) is 37.3. The predicted molar refractivity (Wildman–Crippen MR) is 112 cm³/mol. The van der Waals surface area contributed by atoms with Gasteiger partial charge in [0.05, 0.1) is 12.6 Å². The molecule has 1 aliphatic heterocycles. The largest absolute Gasteiger partial charge is 0.457 e. The SMILES string of the molecule is CCOC(=O)NCCC(=O)NC1CC(=O)N(c2ccc(Oc3ccccc3)cc2)C1. The third-order valence-electron chi connectivity index (χ3n) is 4.51. The molecule has 0 aromatic heterocycles. The van der Waals surface area contributed by atoms with Gasteiger partial charge < -0.3 is 25.0 Å². The molecule has 1 aliphatic rings. The average Bonchev–Trinajstić information content (AvgIpc) is 3.09. The van der Waals surface area contributed by atoms with Gasteiger partial charge in [-0.25, -0.2) is 4.79 Å². The minimum Gasteiger partial charge on any atom is -0.457 e. The lowest BCUT2D eigenvalue weighted by Gasteiger charge is -2.18. The molecular formula is C22H25N3O5. The molecule has 2 aromatic carbocycles. The number of hydrogen-bond donors (Lipinski definition) is 2. The number of hydrogen-bond acceptors (Lipinski definition) is 5. The molecule has 1 saturated heterocycles. The van der Waals surface area contributed by atoms with Crippen LogP contribution in [0.1, 0.15) is 19.8 Å². The Morgan fingerprint density at radius 2 is 1.77 bits per heavy atom. The summed E-state index contributed by atoms with van der Waals surface area (Å²) in [6.07, 6.45) is -0.193. The first kappa shape index (κ1) is 21.2. The molecule has 0 aliphatic carbocycles. The van der Waals surface area contributed by atoms with Crippen LogP contribution in [-0.4, -0.2) is 43.6 Å². The molecule has 3 amide bonds. The van der Waals surface area contributed by atoms with Crippen LogP contribution in [0, 0.1) is 0 Å². The van der Waals surface area contributed by atoms with Crippen molar-refractivity contribution >= 4 is 23.6 Å². The van der Waals surface area contributed by atoms with Crippen LogP contribution in [-0.2, 0) is 14.3 Å². The fourth-order valence-electron chi connectivity index (χ4n) is 3.13. The fourth-order valence-corrected chi connectivity index (χ4v) is 3.13. The van der Waals surface area contributed by atoms with Crippen molar-refractivity contribution in [2.24, 2.45) is 0 Å². The van der Waals surface area contributed by atoms with Gasteiger partial charge in [-0.05, 0) is 43.3 Å². The van der Waals surface area contributed by atoms with Crippen molar-refractivity contribution in [2.45, 2.75) is 25.8 Å². The average molecular weight is 411 g/mol. The van der Waals surface area contributed by atoms with Crippen LogP contribution >= 0.6 is 0 Å². The van der Waals surface area contributed by atoms with Gasteiger partial charge in [-0.2, -0.15) is 0 Å². The molecule has 1 heterocycles. The van der Waals surface area contributed by atoms with Crippen LogP contribution in [0.25, 0.3) is 0 Å². The Bertz CT molecular complexity index is 870. The Morgan fingerprint density at radius 3 is 2.47 bits per heavy atom. The molecule has 1 unspecified atom stereocenters. The minimum atomic E-state index is -0.549. The molecular weight excluding hydrogens is 386 g/mol. The van der Waals surface area contributed by atoms with Crippen molar-refractivity contribution < 1.29 is 23.9 Å². The highest BCUT2D eigenvalue weighted by atomic mass is 16.5. The quantitative estimate of drug-likeness (QED) is 0.696. The predicted octanol–water partition coefficient (Wildman–Crippen LogP) is 2.84. The first-order valence-electron chi connectivity index (χ1n) is 9.88. The van der Waals surface area contributed by atoms with E-state index in [1.165, 1.54) is 0 Å². The lowest BCUT2D eigenvalue weighted by molar-refractivity contribution is -0.121. The number of para-hydroxylation sites is 1. The number of anilines is 1. The Kier molecular flexibility index (Phi) is 7.26. The van der Waals surface area contributed by atoms with E-state index >= 15 is 0 Å². The molecule has 0 spiro atoms. The highest BCUT2D eigenvalue weighted by Crippen LogP contribution is 2.26. The maximum Gasteiger partial charge on any atom is 0.407 e. The summed E-state index contributed by atoms with van der Waals surface area (Å²) in [5, 5.41) is 5.33. The number of benzene rings is 2. The number of rotatable bonds is 8. The van der Waals surface area contributed by atoms with E-state index < -0.39 is 6.09 Å². The van der Waals surface area contributed by atoms with Crippen molar-refractivity contribution in [2.75, 3.05) is 24.6 Å². The van der Waals surface area contributed by atoms with Gasteiger partial charge >= 0.3 is 6.09 Å².